The highest BCUT2D eigenvalue weighted by molar-refractivity contribution is 6.11. The molecule has 2 aliphatic heterocycles. The Balaban J connectivity index is 1.21. The highest BCUT2D eigenvalue weighted by Crippen LogP contribution is 2.41. The van der Waals surface area contributed by atoms with Crippen LogP contribution in [0.4, 0.5) is 18.9 Å². The quantitative estimate of drug-likeness (QED) is 0.250. The molecule has 0 N–H and O–H groups in total. The summed E-state index contributed by atoms with van der Waals surface area (Å²) in [5.74, 6) is -2.31. The molecule has 37 heavy (non-hydrogen) atoms. The van der Waals surface area contributed by atoms with Crippen LogP contribution in [0.2, 0.25) is 0 Å². The summed E-state index contributed by atoms with van der Waals surface area (Å²) >= 11 is 0. The zero-order valence-electron chi connectivity index (χ0n) is 20.8. The van der Waals surface area contributed by atoms with Crippen LogP contribution in [0.25, 0.3) is 0 Å². The van der Waals surface area contributed by atoms with Gasteiger partial charge in [0.05, 0.1) is 17.6 Å². The maximum absolute atomic E-state index is 13.8. The molecule has 6 nitrogen and oxygen atoms in total. The molecule has 2 fully saturated rings. The molecule has 3 aromatic rings. The van der Waals surface area contributed by atoms with Gasteiger partial charge < -0.3 is 9.74 Å². The third-order valence-electron chi connectivity index (χ3n) is 7.37. The summed E-state index contributed by atoms with van der Waals surface area (Å²) in [6, 6.07) is 10.7. The molecular formula is C28H30F3N5O. The molecule has 1 spiro atoms. The lowest BCUT2D eigenvalue weighted by atomic mass is 9.77. The van der Waals surface area contributed by atoms with Gasteiger partial charge in [0.2, 0.25) is 5.95 Å². The van der Waals surface area contributed by atoms with Crippen LogP contribution in [0.15, 0.2) is 60.0 Å². The normalized spacial score (nSPS) is 17.9. The van der Waals surface area contributed by atoms with Gasteiger partial charge in [-0.05, 0) is 80.1 Å². The molecule has 0 aliphatic carbocycles. The number of aromatic nitrogens is 2. The molecule has 0 bridgehead atoms. The fourth-order valence-electron chi connectivity index (χ4n) is 5.30. The van der Waals surface area contributed by atoms with E-state index in [1.807, 2.05) is 18.3 Å². The van der Waals surface area contributed by atoms with Gasteiger partial charge >= 0.3 is 0 Å². The van der Waals surface area contributed by atoms with E-state index in [9.17, 15) is 13.2 Å². The Bertz CT molecular complexity index is 1240. The van der Waals surface area contributed by atoms with Crippen LogP contribution in [0, 0.1) is 23.0 Å². The first kappa shape index (κ1) is 25.2. The van der Waals surface area contributed by atoms with Crippen molar-refractivity contribution in [1.29, 1.82) is 0 Å². The largest absolute Gasteiger partial charge is 0.396 e. The molecule has 2 aromatic heterocycles. The maximum Gasteiger partial charge on any atom is 0.212 e. The van der Waals surface area contributed by atoms with E-state index in [1.165, 1.54) is 12.1 Å². The zero-order valence-corrected chi connectivity index (χ0v) is 20.8. The molecular weight excluding hydrogens is 479 g/mol. The van der Waals surface area contributed by atoms with Gasteiger partial charge in [0.15, 0.2) is 11.6 Å². The van der Waals surface area contributed by atoms with Crippen molar-refractivity contribution in [1.82, 2.24) is 14.9 Å². The predicted molar refractivity (Wildman–Crippen MR) is 136 cm³/mol. The minimum atomic E-state index is -0.943. The molecule has 194 valence electrons. The molecule has 0 radical (unpaired) electrons. The van der Waals surface area contributed by atoms with Crippen LogP contribution < -0.4 is 4.90 Å². The fraction of sp³-hybridized carbons (Fsp3) is 0.393. The van der Waals surface area contributed by atoms with E-state index in [0.717, 1.165) is 75.4 Å². The van der Waals surface area contributed by atoms with Crippen LogP contribution >= 0.6 is 0 Å². The average Bonchev–Trinajstić information content (AvgIpc) is 3.29. The number of benzene rings is 1. The summed E-state index contributed by atoms with van der Waals surface area (Å²) in [6.07, 6.45) is 6.79. The van der Waals surface area contributed by atoms with E-state index in [4.69, 9.17) is 4.84 Å². The van der Waals surface area contributed by atoms with Crippen molar-refractivity contribution in [3.05, 3.63) is 89.3 Å². The predicted octanol–water partition coefficient (Wildman–Crippen LogP) is 5.18. The second kappa shape index (κ2) is 10.9. The van der Waals surface area contributed by atoms with E-state index in [2.05, 4.69) is 24.9 Å². The Labute approximate surface area is 214 Å². The number of halogens is 3. The average molecular weight is 510 g/mol. The van der Waals surface area contributed by atoms with Gasteiger partial charge in [-0.1, -0.05) is 11.2 Å². The van der Waals surface area contributed by atoms with Gasteiger partial charge in [0.25, 0.3) is 0 Å². The third kappa shape index (κ3) is 5.77. The summed E-state index contributed by atoms with van der Waals surface area (Å²) in [6.45, 7) is 6.91. The van der Waals surface area contributed by atoms with Gasteiger partial charge in [0, 0.05) is 37.9 Å². The molecule has 0 amide bonds. The smallest absolute Gasteiger partial charge is 0.212 e. The van der Waals surface area contributed by atoms with E-state index >= 15 is 0 Å². The van der Waals surface area contributed by atoms with Crippen molar-refractivity contribution in [3.63, 3.8) is 0 Å². The SMILES string of the molecule is CCON=C(c1ccc(F)c(F)c1)c1ccc(CN2CCC3(CCN(c4ccc(F)nc4)CC3)C2)cn1. The Morgan fingerprint density at radius 2 is 1.76 bits per heavy atom. The van der Waals surface area contributed by atoms with E-state index in [0.29, 0.717) is 29.0 Å². The van der Waals surface area contributed by atoms with Gasteiger partial charge in [-0.15, -0.1) is 0 Å². The molecule has 9 heteroatoms. The Morgan fingerprint density at radius 3 is 2.43 bits per heavy atom. The second-order valence-electron chi connectivity index (χ2n) is 9.83. The number of oxime groups is 1. The van der Waals surface area contributed by atoms with Crippen LogP contribution in [0.3, 0.4) is 0 Å². The molecule has 0 saturated carbocycles. The first-order chi connectivity index (χ1) is 17.9. The fourth-order valence-corrected chi connectivity index (χ4v) is 5.30. The third-order valence-corrected chi connectivity index (χ3v) is 7.37. The minimum Gasteiger partial charge on any atom is -0.396 e. The van der Waals surface area contributed by atoms with E-state index in [1.54, 1.807) is 19.2 Å². The van der Waals surface area contributed by atoms with Crippen LogP contribution in [-0.4, -0.2) is 53.4 Å². The number of likely N-dealkylation sites (tertiary alicyclic amines) is 1. The van der Waals surface area contributed by atoms with Gasteiger partial charge in [-0.3, -0.25) is 9.88 Å². The van der Waals surface area contributed by atoms with Gasteiger partial charge in [-0.25, -0.2) is 13.8 Å². The molecule has 1 aromatic carbocycles. The first-order valence-corrected chi connectivity index (χ1v) is 12.6. The van der Waals surface area contributed by atoms with E-state index in [-0.39, 0.29) is 0 Å². The number of piperidine rings is 1. The maximum atomic E-state index is 13.8. The monoisotopic (exact) mass is 509 g/mol. The van der Waals surface area contributed by atoms with Crippen molar-refractivity contribution in [2.24, 2.45) is 10.6 Å². The van der Waals surface area contributed by atoms with Crippen molar-refractivity contribution in [2.45, 2.75) is 32.7 Å². The standard InChI is InChI=1S/C28H30F3N5O/c1-2-37-34-27(21-4-6-23(29)24(30)15-21)25-7-3-20(16-32-25)18-35-12-9-28(19-35)10-13-36(14-11-28)22-5-8-26(31)33-17-22/h3-8,15-17H,2,9-14,18-19H2,1H3. The summed E-state index contributed by atoms with van der Waals surface area (Å²) in [5, 5.41) is 4.10. The van der Waals surface area contributed by atoms with E-state index < -0.39 is 17.6 Å². The lowest BCUT2D eigenvalue weighted by molar-refractivity contribution is 0.159. The second-order valence-corrected chi connectivity index (χ2v) is 9.83. The number of hydrogen-bond donors (Lipinski definition) is 0. The molecule has 5 rings (SSSR count). The molecule has 0 atom stereocenters. The van der Waals surface area contributed by atoms with Gasteiger partial charge in [0.1, 0.15) is 12.3 Å². The highest BCUT2D eigenvalue weighted by Gasteiger charge is 2.40. The van der Waals surface area contributed by atoms with Crippen molar-refractivity contribution < 1.29 is 18.0 Å². The minimum absolute atomic E-state index is 0.307. The van der Waals surface area contributed by atoms with Crippen LogP contribution in [-0.2, 0) is 11.4 Å². The number of pyridine rings is 2. The molecule has 2 saturated heterocycles. The number of nitrogens with zero attached hydrogens (tertiary/aromatic N) is 5. The Morgan fingerprint density at radius 1 is 0.946 bits per heavy atom. The number of anilines is 1. The number of rotatable bonds is 7. The van der Waals surface area contributed by atoms with Gasteiger partial charge in [-0.2, -0.15) is 4.39 Å². The highest BCUT2D eigenvalue weighted by atomic mass is 19.2. The molecule has 4 heterocycles. The summed E-state index contributed by atoms with van der Waals surface area (Å²) < 4.78 is 40.4. The topological polar surface area (TPSA) is 53.9 Å². The Kier molecular flexibility index (Phi) is 7.41. The lowest BCUT2D eigenvalue weighted by Gasteiger charge is -2.40. The zero-order chi connectivity index (χ0) is 25.8. The molecule has 2 aliphatic rings. The Hall–Kier alpha value is -3.46. The van der Waals surface area contributed by atoms with Crippen molar-refractivity contribution in [3.8, 4) is 0 Å². The summed E-state index contributed by atoms with van der Waals surface area (Å²) in [4.78, 5) is 18.3. The summed E-state index contributed by atoms with van der Waals surface area (Å²) in [5.41, 5.74) is 3.65. The van der Waals surface area contributed by atoms with Crippen molar-refractivity contribution >= 4 is 11.4 Å². The molecule has 0 unspecified atom stereocenters. The first-order valence-electron chi connectivity index (χ1n) is 12.6. The van der Waals surface area contributed by atoms with Crippen molar-refractivity contribution in [2.75, 3.05) is 37.7 Å². The van der Waals surface area contributed by atoms with Crippen LogP contribution in [0.1, 0.15) is 43.0 Å². The summed E-state index contributed by atoms with van der Waals surface area (Å²) in [7, 11) is 0. The van der Waals surface area contributed by atoms with Crippen LogP contribution in [0.5, 0.6) is 0 Å². The number of hydrogen-bond acceptors (Lipinski definition) is 6. The lowest BCUT2D eigenvalue weighted by Crippen LogP contribution is -2.41.